The maximum absolute atomic E-state index is 11.4. The van der Waals surface area contributed by atoms with Crippen molar-refractivity contribution >= 4 is 10.0 Å². The molecular formula is C11H26N2O2S. The predicted octanol–water partition coefficient (Wildman–Crippen LogP) is 1.39. The van der Waals surface area contributed by atoms with Gasteiger partial charge in [-0.25, -0.2) is 12.7 Å². The fraction of sp³-hybridized carbons (Fsp3) is 1.00. The molecule has 0 rings (SSSR count). The lowest BCUT2D eigenvalue weighted by Crippen LogP contribution is -2.41. The number of rotatable bonds is 8. The van der Waals surface area contributed by atoms with Gasteiger partial charge in [-0.1, -0.05) is 13.8 Å². The standard InChI is InChI=1S/C11H26N2O2S/c1-6-8-12(11(3)4)9-10-13(7-2)16(5,14)15/h11H,6-10H2,1-5H3. The van der Waals surface area contributed by atoms with Crippen LogP contribution in [-0.2, 0) is 10.0 Å². The molecule has 5 heteroatoms. The van der Waals surface area contributed by atoms with E-state index in [1.807, 2.05) is 6.92 Å². The highest BCUT2D eigenvalue weighted by molar-refractivity contribution is 7.88. The molecule has 0 fully saturated rings. The summed E-state index contributed by atoms with van der Waals surface area (Å²) in [6.45, 7) is 11.3. The van der Waals surface area contributed by atoms with E-state index in [4.69, 9.17) is 0 Å². The molecule has 0 saturated heterocycles. The normalized spacial score (nSPS) is 13.0. The summed E-state index contributed by atoms with van der Waals surface area (Å²) in [4.78, 5) is 2.31. The van der Waals surface area contributed by atoms with Crippen molar-refractivity contribution in [3.05, 3.63) is 0 Å². The lowest BCUT2D eigenvalue weighted by molar-refractivity contribution is 0.207. The van der Waals surface area contributed by atoms with Crippen LogP contribution in [0.2, 0.25) is 0 Å². The van der Waals surface area contributed by atoms with E-state index in [9.17, 15) is 8.42 Å². The number of nitrogens with zero attached hydrogens (tertiary/aromatic N) is 2. The summed E-state index contributed by atoms with van der Waals surface area (Å²) in [5.74, 6) is 0. The Balaban J connectivity index is 4.28. The van der Waals surface area contributed by atoms with Crippen molar-refractivity contribution in [3.8, 4) is 0 Å². The minimum absolute atomic E-state index is 0.471. The quantitative estimate of drug-likeness (QED) is 0.653. The number of hydrogen-bond donors (Lipinski definition) is 0. The molecule has 0 amide bonds. The van der Waals surface area contributed by atoms with Crippen LogP contribution in [-0.4, -0.2) is 56.1 Å². The Morgan fingerprint density at radius 2 is 1.62 bits per heavy atom. The lowest BCUT2D eigenvalue weighted by atomic mass is 10.3. The van der Waals surface area contributed by atoms with E-state index in [0.717, 1.165) is 19.5 Å². The third kappa shape index (κ3) is 5.82. The Morgan fingerprint density at radius 3 is 1.94 bits per heavy atom. The van der Waals surface area contributed by atoms with Gasteiger partial charge in [-0.2, -0.15) is 0 Å². The van der Waals surface area contributed by atoms with Crippen molar-refractivity contribution in [2.45, 2.75) is 40.2 Å². The van der Waals surface area contributed by atoms with Crippen LogP contribution in [0.1, 0.15) is 34.1 Å². The highest BCUT2D eigenvalue weighted by Crippen LogP contribution is 2.03. The van der Waals surface area contributed by atoms with Crippen LogP contribution in [0.5, 0.6) is 0 Å². The first kappa shape index (κ1) is 15.9. The highest BCUT2D eigenvalue weighted by atomic mass is 32.2. The lowest BCUT2D eigenvalue weighted by Gasteiger charge is -2.28. The molecule has 0 bridgehead atoms. The zero-order valence-electron chi connectivity index (χ0n) is 11.2. The van der Waals surface area contributed by atoms with E-state index >= 15 is 0 Å². The van der Waals surface area contributed by atoms with Gasteiger partial charge in [-0.3, -0.25) is 4.90 Å². The topological polar surface area (TPSA) is 40.6 Å². The Bertz CT molecular complexity index is 276. The van der Waals surface area contributed by atoms with E-state index in [2.05, 4.69) is 25.7 Å². The van der Waals surface area contributed by atoms with Crippen molar-refractivity contribution in [1.82, 2.24) is 9.21 Å². The molecule has 0 aromatic heterocycles. The second kappa shape index (κ2) is 7.25. The summed E-state index contributed by atoms with van der Waals surface area (Å²) >= 11 is 0. The summed E-state index contributed by atoms with van der Waals surface area (Å²) in [6, 6.07) is 0.471. The van der Waals surface area contributed by atoms with Crippen LogP contribution in [0.3, 0.4) is 0 Å². The zero-order valence-corrected chi connectivity index (χ0v) is 12.0. The minimum Gasteiger partial charge on any atom is -0.300 e. The van der Waals surface area contributed by atoms with Crippen LogP contribution in [0.25, 0.3) is 0 Å². The van der Waals surface area contributed by atoms with Crippen LogP contribution in [0, 0.1) is 0 Å². The molecule has 0 aliphatic rings. The Morgan fingerprint density at radius 1 is 1.06 bits per heavy atom. The first-order chi connectivity index (χ1) is 7.32. The molecule has 0 aromatic rings. The molecule has 16 heavy (non-hydrogen) atoms. The number of hydrogen-bond acceptors (Lipinski definition) is 3. The van der Waals surface area contributed by atoms with E-state index in [1.54, 1.807) is 0 Å². The smallest absolute Gasteiger partial charge is 0.211 e. The molecule has 0 N–H and O–H groups in total. The predicted molar refractivity (Wildman–Crippen MR) is 69.1 cm³/mol. The van der Waals surface area contributed by atoms with E-state index in [0.29, 0.717) is 19.1 Å². The summed E-state index contributed by atoms with van der Waals surface area (Å²) in [7, 11) is -3.04. The minimum atomic E-state index is -3.04. The molecule has 0 unspecified atom stereocenters. The molecule has 0 atom stereocenters. The van der Waals surface area contributed by atoms with E-state index in [1.165, 1.54) is 10.6 Å². The van der Waals surface area contributed by atoms with Crippen LogP contribution >= 0.6 is 0 Å². The molecule has 0 radical (unpaired) electrons. The molecule has 0 spiro atoms. The first-order valence-electron chi connectivity index (χ1n) is 6.02. The highest BCUT2D eigenvalue weighted by Gasteiger charge is 2.16. The molecule has 4 nitrogen and oxygen atoms in total. The molecule has 0 aliphatic heterocycles. The van der Waals surface area contributed by atoms with E-state index < -0.39 is 10.0 Å². The third-order valence-corrected chi connectivity index (χ3v) is 4.08. The number of likely N-dealkylation sites (N-methyl/N-ethyl adjacent to an activating group) is 1. The van der Waals surface area contributed by atoms with Gasteiger partial charge in [0.1, 0.15) is 0 Å². The SMILES string of the molecule is CCCN(CCN(CC)S(C)(=O)=O)C(C)C. The van der Waals surface area contributed by atoms with Gasteiger partial charge in [0.15, 0.2) is 0 Å². The fourth-order valence-corrected chi connectivity index (χ4v) is 2.60. The Kier molecular flexibility index (Phi) is 7.19. The molecule has 98 valence electrons. The largest absolute Gasteiger partial charge is 0.300 e. The van der Waals surface area contributed by atoms with Crippen LogP contribution in [0.15, 0.2) is 0 Å². The maximum atomic E-state index is 11.4. The maximum Gasteiger partial charge on any atom is 0.211 e. The van der Waals surface area contributed by atoms with Gasteiger partial charge in [0.2, 0.25) is 10.0 Å². The van der Waals surface area contributed by atoms with Gasteiger partial charge >= 0.3 is 0 Å². The summed E-state index contributed by atoms with van der Waals surface area (Å²) in [5, 5.41) is 0. The molecule has 0 aromatic carbocycles. The summed E-state index contributed by atoms with van der Waals surface area (Å²) in [5.41, 5.74) is 0. The molecule has 0 saturated carbocycles. The van der Waals surface area contributed by atoms with Gasteiger partial charge in [0, 0.05) is 25.7 Å². The van der Waals surface area contributed by atoms with Gasteiger partial charge < -0.3 is 0 Å². The van der Waals surface area contributed by atoms with E-state index in [-0.39, 0.29) is 0 Å². The van der Waals surface area contributed by atoms with Gasteiger partial charge in [-0.05, 0) is 26.8 Å². The Hall–Kier alpha value is -0.130. The Labute approximate surface area is 101 Å². The van der Waals surface area contributed by atoms with Gasteiger partial charge in [0.25, 0.3) is 0 Å². The van der Waals surface area contributed by atoms with Crippen LogP contribution in [0.4, 0.5) is 0 Å². The first-order valence-corrected chi connectivity index (χ1v) is 7.86. The fourth-order valence-electron chi connectivity index (χ4n) is 1.71. The average Bonchev–Trinajstić information content (AvgIpc) is 2.14. The van der Waals surface area contributed by atoms with Gasteiger partial charge in [-0.15, -0.1) is 0 Å². The summed E-state index contributed by atoms with van der Waals surface area (Å²) < 4.78 is 24.3. The van der Waals surface area contributed by atoms with Crippen molar-refractivity contribution < 1.29 is 8.42 Å². The molecular weight excluding hydrogens is 224 g/mol. The monoisotopic (exact) mass is 250 g/mol. The zero-order chi connectivity index (χ0) is 12.8. The second-order valence-corrected chi connectivity index (χ2v) is 6.37. The number of sulfonamides is 1. The van der Waals surface area contributed by atoms with Crippen molar-refractivity contribution in [2.24, 2.45) is 0 Å². The second-order valence-electron chi connectivity index (χ2n) is 4.38. The van der Waals surface area contributed by atoms with Crippen LogP contribution < -0.4 is 0 Å². The average molecular weight is 250 g/mol. The summed E-state index contributed by atoms with van der Waals surface area (Å²) in [6.07, 6.45) is 2.37. The van der Waals surface area contributed by atoms with Crippen molar-refractivity contribution in [2.75, 3.05) is 32.4 Å². The van der Waals surface area contributed by atoms with Crippen molar-refractivity contribution in [1.29, 1.82) is 0 Å². The van der Waals surface area contributed by atoms with Crippen molar-refractivity contribution in [3.63, 3.8) is 0 Å². The molecule has 0 heterocycles. The molecule has 0 aliphatic carbocycles. The third-order valence-electron chi connectivity index (χ3n) is 2.70. The van der Waals surface area contributed by atoms with Gasteiger partial charge in [0.05, 0.1) is 6.26 Å².